The molecule has 0 heterocycles. The minimum absolute atomic E-state index is 0. The van der Waals surface area contributed by atoms with Gasteiger partial charge in [0.2, 0.25) is 0 Å². The van der Waals surface area contributed by atoms with Gasteiger partial charge in [0, 0.05) is 1.43 Å². The van der Waals surface area contributed by atoms with Crippen molar-refractivity contribution >= 4 is 0 Å². The first kappa shape index (κ1) is 11.9. The molecule has 1 saturated carbocycles. The van der Waals surface area contributed by atoms with Gasteiger partial charge < -0.3 is 0 Å². The molecule has 0 atom stereocenters. The lowest BCUT2D eigenvalue weighted by Crippen LogP contribution is -2.12. The molecule has 1 aromatic rings. The average molecular weight is 227 g/mol. The maximum absolute atomic E-state index is 8.77. The van der Waals surface area contributed by atoms with Crippen molar-refractivity contribution in [1.82, 2.24) is 0 Å². The van der Waals surface area contributed by atoms with E-state index in [4.69, 9.17) is 5.26 Å². The van der Waals surface area contributed by atoms with Crippen LogP contribution in [-0.2, 0) is 0 Å². The first-order valence-electron chi connectivity index (χ1n) is 6.44. The first-order valence-corrected chi connectivity index (χ1v) is 6.44. The Bertz CT molecular complexity index is 408. The van der Waals surface area contributed by atoms with E-state index in [1.54, 1.807) is 0 Å². The summed E-state index contributed by atoms with van der Waals surface area (Å²) in [5.41, 5.74) is 2.16. The zero-order valence-electron chi connectivity index (χ0n) is 10.2. The number of allylic oxidation sites excluding steroid dienone is 1. The molecule has 1 aromatic carbocycles. The Kier molecular flexibility index (Phi) is 3.98. The van der Waals surface area contributed by atoms with Crippen molar-refractivity contribution in [3.8, 4) is 6.07 Å². The summed E-state index contributed by atoms with van der Waals surface area (Å²) in [5.74, 6) is 1.55. The fourth-order valence-corrected chi connectivity index (χ4v) is 2.80. The van der Waals surface area contributed by atoms with Crippen LogP contribution < -0.4 is 0 Å². The number of nitrogens with zero attached hydrogens (tertiary/aromatic N) is 1. The van der Waals surface area contributed by atoms with Crippen molar-refractivity contribution in [1.29, 1.82) is 5.26 Å². The Hall–Kier alpha value is -1.55. The van der Waals surface area contributed by atoms with Crippen LogP contribution in [0, 0.1) is 17.2 Å². The van der Waals surface area contributed by atoms with E-state index in [2.05, 4.69) is 24.8 Å². The van der Waals surface area contributed by atoms with Crippen LogP contribution in [0.1, 0.15) is 50.6 Å². The SMILES string of the molecule is C=CCC1CCC(c2ccc(C#N)cc2)CC1.[HH]. The number of hydrogen-bond donors (Lipinski definition) is 0. The highest BCUT2D eigenvalue weighted by Gasteiger charge is 2.21. The Balaban J connectivity index is 0.00000162. The summed E-state index contributed by atoms with van der Waals surface area (Å²) in [4.78, 5) is 0. The normalized spacial score (nSPS) is 23.9. The molecule has 1 aliphatic carbocycles. The maximum atomic E-state index is 8.77. The van der Waals surface area contributed by atoms with E-state index >= 15 is 0 Å². The van der Waals surface area contributed by atoms with Gasteiger partial charge in [-0.2, -0.15) is 5.26 Å². The van der Waals surface area contributed by atoms with E-state index in [-0.39, 0.29) is 1.43 Å². The Labute approximate surface area is 105 Å². The van der Waals surface area contributed by atoms with Gasteiger partial charge >= 0.3 is 0 Å². The third-order valence-electron chi connectivity index (χ3n) is 3.86. The summed E-state index contributed by atoms with van der Waals surface area (Å²) >= 11 is 0. The van der Waals surface area contributed by atoms with Crippen molar-refractivity contribution in [2.24, 2.45) is 5.92 Å². The summed E-state index contributed by atoms with van der Waals surface area (Å²) in [6, 6.07) is 10.3. The van der Waals surface area contributed by atoms with Crippen molar-refractivity contribution in [3.63, 3.8) is 0 Å². The molecule has 1 fully saturated rings. The lowest BCUT2D eigenvalue weighted by Gasteiger charge is -2.28. The second-order valence-corrected chi connectivity index (χ2v) is 4.98. The third kappa shape index (κ3) is 2.97. The molecule has 90 valence electrons. The van der Waals surface area contributed by atoms with Crippen molar-refractivity contribution in [2.75, 3.05) is 0 Å². The molecule has 0 bridgehead atoms. The topological polar surface area (TPSA) is 23.8 Å². The smallest absolute Gasteiger partial charge is 0.0991 e. The molecule has 0 aliphatic heterocycles. The Morgan fingerprint density at radius 3 is 2.41 bits per heavy atom. The Morgan fingerprint density at radius 2 is 1.88 bits per heavy atom. The second kappa shape index (κ2) is 5.68. The van der Waals surface area contributed by atoms with E-state index in [0.29, 0.717) is 5.92 Å². The van der Waals surface area contributed by atoms with Gasteiger partial charge in [0.15, 0.2) is 0 Å². The van der Waals surface area contributed by atoms with Crippen LogP contribution in [-0.4, -0.2) is 0 Å². The van der Waals surface area contributed by atoms with E-state index in [1.807, 2.05) is 18.2 Å². The highest BCUT2D eigenvalue weighted by atomic mass is 14.3. The van der Waals surface area contributed by atoms with Gasteiger partial charge in [0.25, 0.3) is 0 Å². The number of benzene rings is 1. The fourth-order valence-electron chi connectivity index (χ4n) is 2.80. The Morgan fingerprint density at radius 1 is 1.24 bits per heavy atom. The maximum Gasteiger partial charge on any atom is 0.0991 e. The van der Waals surface area contributed by atoms with Crippen LogP contribution in [0.2, 0.25) is 0 Å². The van der Waals surface area contributed by atoms with Crippen molar-refractivity contribution in [3.05, 3.63) is 48.0 Å². The van der Waals surface area contributed by atoms with Crippen LogP contribution in [0.5, 0.6) is 0 Å². The fraction of sp³-hybridized carbons (Fsp3) is 0.438. The predicted octanol–water partition coefficient (Wildman–Crippen LogP) is 4.65. The molecule has 1 nitrogen and oxygen atoms in total. The van der Waals surface area contributed by atoms with Gasteiger partial charge in [-0.1, -0.05) is 18.2 Å². The van der Waals surface area contributed by atoms with E-state index in [9.17, 15) is 0 Å². The second-order valence-electron chi connectivity index (χ2n) is 4.98. The summed E-state index contributed by atoms with van der Waals surface area (Å²) in [6.45, 7) is 3.82. The largest absolute Gasteiger partial charge is 0.192 e. The number of hydrogen-bond acceptors (Lipinski definition) is 1. The molecule has 0 unspecified atom stereocenters. The summed E-state index contributed by atoms with van der Waals surface area (Å²) < 4.78 is 0. The highest BCUT2D eigenvalue weighted by Crippen LogP contribution is 2.37. The zero-order chi connectivity index (χ0) is 12.1. The average Bonchev–Trinajstić information content (AvgIpc) is 2.40. The van der Waals surface area contributed by atoms with Crippen LogP contribution >= 0.6 is 0 Å². The quantitative estimate of drug-likeness (QED) is 0.689. The number of nitriles is 1. The summed E-state index contributed by atoms with van der Waals surface area (Å²) in [6.07, 6.45) is 8.41. The molecular formula is C16H21N. The standard InChI is InChI=1S/C16H19N.H2/c1-2-3-13-4-8-15(9-5-13)16-10-6-14(12-17)7-11-16;/h2,6-7,10-11,13,15H,1,3-5,8-9H2;1H. The van der Waals surface area contributed by atoms with E-state index in [0.717, 1.165) is 11.5 Å². The van der Waals surface area contributed by atoms with Gasteiger partial charge in [-0.3, -0.25) is 0 Å². The van der Waals surface area contributed by atoms with Crippen molar-refractivity contribution < 1.29 is 1.43 Å². The van der Waals surface area contributed by atoms with Gasteiger partial charge in [0.1, 0.15) is 0 Å². The third-order valence-corrected chi connectivity index (χ3v) is 3.86. The minimum atomic E-state index is 0. The molecule has 0 saturated heterocycles. The molecule has 0 amide bonds. The molecule has 0 N–H and O–H groups in total. The predicted molar refractivity (Wildman–Crippen MR) is 72.8 cm³/mol. The molecule has 0 spiro atoms. The highest BCUT2D eigenvalue weighted by molar-refractivity contribution is 5.33. The lowest BCUT2D eigenvalue weighted by atomic mass is 9.77. The minimum Gasteiger partial charge on any atom is -0.192 e. The van der Waals surface area contributed by atoms with Gasteiger partial charge in [-0.05, 0) is 61.6 Å². The van der Waals surface area contributed by atoms with Crippen LogP contribution in [0.4, 0.5) is 0 Å². The van der Waals surface area contributed by atoms with Crippen molar-refractivity contribution in [2.45, 2.75) is 38.0 Å². The molecule has 2 rings (SSSR count). The van der Waals surface area contributed by atoms with Crippen LogP contribution in [0.25, 0.3) is 0 Å². The summed E-state index contributed by atoms with van der Waals surface area (Å²) in [7, 11) is 0. The van der Waals surface area contributed by atoms with Crippen LogP contribution in [0.15, 0.2) is 36.9 Å². The van der Waals surface area contributed by atoms with Gasteiger partial charge in [-0.25, -0.2) is 0 Å². The molecule has 0 aromatic heterocycles. The van der Waals surface area contributed by atoms with E-state index < -0.39 is 0 Å². The molecular weight excluding hydrogens is 206 g/mol. The molecule has 1 heteroatoms. The molecule has 1 aliphatic rings. The monoisotopic (exact) mass is 227 g/mol. The molecule has 17 heavy (non-hydrogen) atoms. The van der Waals surface area contributed by atoms with Crippen LogP contribution in [0.3, 0.4) is 0 Å². The van der Waals surface area contributed by atoms with Gasteiger partial charge in [0.05, 0.1) is 11.6 Å². The van der Waals surface area contributed by atoms with Gasteiger partial charge in [-0.15, -0.1) is 6.58 Å². The van der Waals surface area contributed by atoms with E-state index in [1.165, 1.54) is 37.7 Å². The lowest BCUT2D eigenvalue weighted by molar-refractivity contribution is 0.328. The zero-order valence-corrected chi connectivity index (χ0v) is 10.2. The molecule has 0 radical (unpaired) electrons. The summed E-state index contributed by atoms with van der Waals surface area (Å²) in [5, 5.41) is 8.77. The first-order chi connectivity index (χ1) is 8.33. The number of rotatable bonds is 3.